The first-order valence-electron chi connectivity index (χ1n) is 25.4. The highest BCUT2D eigenvalue weighted by Gasteiger charge is 2.48. The van der Waals surface area contributed by atoms with Crippen LogP contribution in [0.3, 0.4) is 0 Å². The average molecular weight is 929 g/mol. The number of aliphatic hydroxyl groups excluding tert-OH is 3. The molecule has 0 aromatic carbocycles. The number of rotatable bonds is 44. The van der Waals surface area contributed by atoms with Crippen LogP contribution in [0.2, 0.25) is 0 Å². The minimum atomic E-state index is -5.07. The van der Waals surface area contributed by atoms with Crippen LogP contribution in [0.25, 0.3) is 0 Å². The smallest absolute Gasteiger partial charge is 0.397 e. The first-order valence-corrected chi connectivity index (χ1v) is 26.8. The largest absolute Gasteiger partial charge is 0.457 e. The number of esters is 1. The van der Waals surface area contributed by atoms with E-state index in [1.807, 2.05) is 0 Å². The van der Waals surface area contributed by atoms with Crippen molar-refractivity contribution >= 4 is 16.4 Å². The Balaban J connectivity index is 2.37. The van der Waals surface area contributed by atoms with Gasteiger partial charge in [-0.1, -0.05) is 197 Å². The van der Waals surface area contributed by atoms with E-state index in [-0.39, 0.29) is 19.6 Å². The molecule has 0 aliphatic carbocycles. The van der Waals surface area contributed by atoms with E-state index in [0.29, 0.717) is 13.0 Å². The molecule has 0 saturated carbocycles. The highest BCUT2D eigenvalue weighted by Crippen LogP contribution is 2.26. The van der Waals surface area contributed by atoms with Gasteiger partial charge >= 0.3 is 16.4 Å². The first kappa shape index (κ1) is 60.1. The number of hydrogen-bond acceptors (Lipinski definition) is 11. The molecule has 6 unspecified atom stereocenters. The van der Waals surface area contributed by atoms with Crippen molar-refractivity contribution in [2.45, 2.75) is 243 Å². The Morgan fingerprint density at radius 3 is 1.56 bits per heavy atom. The van der Waals surface area contributed by atoms with Gasteiger partial charge in [0, 0.05) is 13.0 Å². The van der Waals surface area contributed by atoms with Gasteiger partial charge in [-0.3, -0.25) is 9.35 Å². The summed E-state index contributed by atoms with van der Waals surface area (Å²) < 4.78 is 59.2. The minimum absolute atomic E-state index is 0.0156. The Morgan fingerprint density at radius 1 is 0.609 bits per heavy atom. The molecule has 1 aliphatic rings. The standard InChI is InChI=1S/C51H92O12S/c1-3-5-7-9-11-13-15-17-19-21-22-23-24-25-26-28-30-32-34-36-38-40-47(53)61-45(44-60-51-49(55)50(63-64(56,57)58)48(54)46(42-52)62-51)43-59-41-39-37-35-33-31-29-27-20-18-16-14-12-10-8-6-4-2/h6,8,12,14,18,20,29,31,45-46,48-52,54-55H,3-5,7,9-11,13,15-17,19,21-28,30,32-44H2,1-2H3,(H,56,57,58)/b8-6-,14-12-,20-18-,31-29-. The summed E-state index contributed by atoms with van der Waals surface area (Å²) in [6, 6.07) is 0. The van der Waals surface area contributed by atoms with Gasteiger partial charge in [-0.15, -0.1) is 0 Å². The van der Waals surface area contributed by atoms with Gasteiger partial charge in [-0.05, 0) is 51.4 Å². The minimum Gasteiger partial charge on any atom is -0.457 e. The lowest BCUT2D eigenvalue weighted by Crippen LogP contribution is -2.60. The van der Waals surface area contributed by atoms with Crippen LogP contribution in [0, 0.1) is 0 Å². The van der Waals surface area contributed by atoms with Gasteiger partial charge in [0.05, 0.1) is 19.8 Å². The number of carbonyl (C=O) groups is 1. The Morgan fingerprint density at radius 2 is 1.08 bits per heavy atom. The maximum absolute atomic E-state index is 12.9. The van der Waals surface area contributed by atoms with Crippen molar-refractivity contribution in [2.24, 2.45) is 0 Å². The van der Waals surface area contributed by atoms with E-state index >= 15 is 0 Å². The predicted molar refractivity (Wildman–Crippen MR) is 257 cm³/mol. The van der Waals surface area contributed by atoms with Gasteiger partial charge in [0.15, 0.2) is 6.29 Å². The summed E-state index contributed by atoms with van der Waals surface area (Å²) in [5, 5.41) is 30.7. The summed E-state index contributed by atoms with van der Waals surface area (Å²) in [5.74, 6) is -0.408. The van der Waals surface area contributed by atoms with Crippen LogP contribution >= 0.6 is 0 Å². The normalized spacial score (nSPS) is 20.1. The van der Waals surface area contributed by atoms with Gasteiger partial charge in [-0.25, -0.2) is 4.18 Å². The lowest BCUT2D eigenvalue weighted by molar-refractivity contribution is -0.301. The molecule has 1 fully saturated rings. The van der Waals surface area contributed by atoms with E-state index in [2.05, 4.69) is 66.6 Å². The van der Waals surface area contributed by atoms with Crippen LogP contribution in [0.15, 0.2) is 48.6 Å². The third-order valence-electron chi connectivity index (χ3n) is 11.5. The van der Waals surface area contributed by atoms with E-state index < -0.39 is 59.8 Å². The molecule has 1 aliphatic heterocycles. The zero-order valence-corrected chi connectivity index (χ0v) is 40.9. The van der Waals surface area contributed by atoms with Crippen molar-refractivity contribution in [3.8, 4) is 0 Å². The molecule has 0 amide bonds. The fourth-order valence-electron chi connectivity index (χ4n) is 7.66. The summed E-state index contributed by atoms with van der Waals surface area (Å²) in [4.78, 5) is 12.9. The zero-order chi connectivity index (χ0) is 46.8. The molecule has 64 heavy (non-hydrogen) atoms. The van der Waals surface area contributed by atoms with E-state index in [4.69, 9.17) is 18.9 Å². The second-order valence-electron chi connectivity index (χ2n) is 17.4. The molecular weight excluding hydrogens is 837 g/mol. The second-order valence-corrected chi connectivity index (χ2v) is 18.4. The Hall–Kier alpha value is -1.94. The maximum Gasteiger partial charge on any atom is 0.397 e. The SMILES string of the molecule is CC/C=C\C/C=C\C/C=C\C/C=C\CCCCCOCC(COC1OC(CO)C(O)C(OS(=O)(=O)O)C1O)OC(=O)CCCCCCCCCCCCCCCCCCCCCCC. The van der Waals surface area contributed by atoms with Crippen LogP contribution in [-0.2, 0) is 38.3 Å². The van der Waals surface area contributed by atoms with E-state index in [1.165, 1.54) is 109 Å². The molecule has 4 N–H and O–H groups in total. The molecule has 13 heteroatoms. The Labute approximate surface area is 389 Å². The quantitative estimate of drug-likeness (QED) is 0.0197. The molecule has 0 bridgehead atoms. The Bertz CT molecular complexity index is 1300. The highest BCUT2D eigenvalue weighted by atomic mass is 32.3. The molecule has 0 aromatic heterocycles. The Kier molecular flexibility index (Phi) is 39.8. The summed E-state index contributed by atoms with van der Waals surface area (Å²) in [7, 11) is -5.07. The van der Waals surface area contributed by atoms with Gasteiger partial charge in [0.1, 0.15) is 30.5 Å². The predicted octanol–water partition coefficient (Wildman–Crippen LogP) is 11.5. The van der Waals surface area contributed by atoms with Crippen molar-refractivity contribution in [3.63, 3.8) is 0 Å². The van der Waals surface area contributed by atoms with Crippen molar-refractivity contribution in [2.75, 3.05) is 26.4 Å². The zero-order valence-electron chi connectivity index (χ0n) is 40.1. The summed E-state index contributed by atoms with van der Waals surface area (Å²) in [6.07, 6.45) is 42.9. The van der Waals surface area contributed by atoms with Crippen molar-refractivity contribution in [3.05, 3.63) is 48.6 Å². The van der Waals surface area contributed by atoms with E-state index in [0.717, 1.165) is 70.6 Å². The number of unbranched alkanes of at least 4 members (excludes halogenated alkanes) is 23. The fourth-order valence-corrected chi connectivity index (χ4v) is 8.17. The lowest BCUT2D eigenvalue weighted by atomic mass is 9.99. The maximum atomic E-state index is 12.9. The molecular formula is C51H92O12S. The van der Waals surface area contributed by atoms with Crippen LogP contribution in [-0.4, -0.2) is 97.5 Å². The van der Waals surface area contributed by atoms with Crippen LogP contribution in [0.5, 0.6) is 0 Å². The molecule has 0 aromatic rings. The summed E-state index contributed by atoms with van der Waals surface area (Å²) in [5.41, 5.74) is 0. The average Bonchev–Trinajstić information content (AvgIpc) is 3.27. The third kappa shape index (κ3) is 35.3. The fraction of sp³-hybridized carbons (Fsp3) is 0.824. The van der Waals surface area contributed by atoms with Crippen molar-refractivity contribution < 1.29 is 56.2 Å². The topological polar surface area (TPSA) is 178 Å². The molecule has 1 heterocycles. The number of allylic oxidation sites excluding steroid dienone is 8. The highest BCUT2D eigenvalue weighted by molar-refractivity contribution is 7.80. The summed E-state index contributed by atoms with van der Waals surface area (Å²) in [6.45, 7) is 3.82. The monoisotopic (exact) mass is 929 g/mol. The number of aliphatic hydroxyl groups is 3. The van der Waals surface area contributed by atoms with Crippen LogP contribution in [0.1, 0.15) is 206 Å². The molecule has 374 valence electrons. The van der Waals surface area contributed by atoms with Crippen LogP contribution in [0.4, 0.5) is 0 Å². The first-order chi connectivity index (χ1) is 31.1. The lowest BCUT2D eigenvalue weighted by Gasteiger charge is -2.41. The van der Waals surface area contributed by atoms with Crippen molar-refractivity contribution in [1.82, 2.24) is 0 Å². The second kappa shape index (κ2) is 42.4. The van der Waals surface area contributed by atoms with E-state index in [1.54, 1.807) is 0 Å². The summed E-state index contributed by atoms with van der Waals surface area (Å²) >= 11 is 0. The van der Waals surface area contributed by atoms with Crippen molar-refractivity contribution in [1.29, 1.82) is 0 Å². The van der Waals surface area contributed by atoms with Crippen LogP contribution < -0.4 is 0 Å². The number of ether oxygens (including phenoxy) is 4. The van der Waals surface area contributed by atoms with E-state index in [9.17, 15) is 33.1 Å². The molecule has 0 spiro atoms. The number of carbonyl (C=O) groups excluding carboxylic acids is 1. The third-order valence-corrected chi connectivity index (χ3v) is 11.9. The van der Waals surface area contributed by atoms with Gasteiger partial charge in [0.25, 0.3) is 0 Å². The van der Waals surface area contributed by atoms with Gasteiger partial charge < -0.3 is 34.3 Å². The van der Waals surface area contributed by atoms with Gasteiger partial charge in [-0.2, -0.15) is 8.42 Å². The molecule has 1 rings (SSSR count). The number of hydrogen-bond donors (Lipinski definition) is 4. The molecule has 6 atom stereocenters. The molecule has 0 radical (unpaired) electrons. The van der Waals surface area contributed by atoms with Gasteiger partial charge in [0.2, 0.25) is 0 Å². The molecule has 12 nitrogen and oxygen atoms in total. The molecule has 1 saturated heterocycles.